The van der Waals surface area contributed by atoms with E-state index < -0.39 is 0 Å². The third-order valence-electron chi connectivity index (χ3n) is 2.48. The zero-order valence-corrected chi connectivity index (χ0v) is 8.74. The lowest BCUT2D eigenvalue weighted by atomic mass is 10.2. The first-order chi connectivity index (χ1) is 7.11. The molecule has 0 radical (unpaired) electrons. The predicted molar refractivity (Wildman–Crippen MR) is 54.7 cm³/mol. The van der Waals surface area contributed by atoms with Crippen molar-refractivity contribution < 1.29 is 19.3 Å². The third kappa shape index (κ3) is 3.69. The average Bonchev–Trinajstić information content (AvgIpc) is 2.47. The summed E-state index contributed by atoms with van der Waals surface area (Å²) in [5.41, 5.74) is 4.99. The first-order valence-corrected chi connectivity index (χ1v) is 5.24. The Kier molecular flexibility index (Phi) is 4.27. The summed E-state index contributed by atoms with van der Waals surface area (Å²) in [6, 6.07) is 0. The Hall–Kier alpha value is -1.39. The molecule has 0 fully saturated rings. The van der Waals surface area contributed by atoms with Gasteiger partial charge in [-0.1, -0.05) is 0 Å². The van der Waals surface area contributed by atoms with Gasteiger partial charge in [0.1, 0.15) is 0 Å². The van der Waals surface area contributed by atoms with Gasteiger partial charge in [-0.15, -0.1) is 4.58 Å². The average molecular weight is 213 g/mol. The summed E-state index contributed by atoms with van der Waals surface area (Å²) < 4.78 is 1.42. The minimum Gasteiger partial charge on any atom is -0.463 e. The molecule has 0 unspecified atom stereocenters. The molecule has 0 atom stereocenters. The Labute approximate surface area is 88.6 Å². The van der Waals surface area contributed by atoms with Crippen LogP contribution < -0.4 is 5.73 Å². The third-order valence-corrected chi connectivity index (χ3v) is 2.48. The van der Waals surface area contributed by atoms with Crippen LogP contribution in [0.15, 0.2) is 0 Å². The number of carbonyl (C=O) groups is 2. The fourth-order valence-corrected chi connectivity index (χ4v) is 1.63. The van der Waals surface area contributed by atoms with E-state index in [1.807, 2.05) is 0 Å². The van der Waals surface area contributed by atoms with Gasteiger partial charge in [-0.25, -0.2) is 4.79 Å². The van der Waals surface area contributed by atoms with E-state index in [1.54, 1.807) is 0 Å². The minimum atomic E-state index is -0.290. The van der Waals surface area contributed by atoms with Gasteiger partial charge in [0.15, 0.2) is 6.54 Å². The zero-order chi connectivity index (χ0) is 11.3. The Bertz CT molecular complexity index is 297. The van der Waals surface area contributed by atoms with Crippen molar-refractivity contribution in [2.45, 2.75) is 38.5 Å². The highest BCUT2D eigenvalue weighted by Crippen LogP contribution is 2.07. The maximum atomic E-state index is 11.2. The first kappa shape index (κ1) is 11.7. The predicted octanol–water partition coefficient (Wildman–Crippen LogP) is 0.321. The Morgan fingerprint density at radius 1 is 1.33 bits per heavy atom. The van der Waals surface area contributed by atoms with E-state index in [2.05, 4.69) is 0 Å². The summed E-state index contributed by atoms with van der Waals surface area (Å²) in [6.07, 6.45) is 3.65. The van der Waals surface area contributed by atoms with Crippen LogP contribution in [-0.2, 0) is 9.59 Å². The van der Waals surface area contributed by atoms with Crippen molar-refractivity contribution in [1.82, 2.24) is 0 Å². The lowest BCUT2D eigenvalue weighted by Gasteiger charge is -1.97. The monoisotopic (exact) mass is 213 g/mol. The zero-order valence-electron chi connectivity index (χ0n) is 8.74. The van der Waals surface area contributed by atoms with Crippen LogP contribution in [0.1, 0.15) is 38.5 Å². The molecule has 1 rings (SSSR count). The quantitative estimate of drug-likeness (QED) is 0.492. The van der Waals surface area contributed by atoms with E-state index in [0.717, 1.165) is 19.3 Å². The molecule has 0 saturated carbocycles. The number of rotatable bonds is 6. The fourth-order valence-electron chi connectivity index (χ4n) is 1.63. The molecule has 0 aromatic carbocycles. The van der Waals surface area contributed by atoms with Crippen molar-refractivity contribution in [3.8, 4) is 0 Å². The normalized spacial score (nSPS) is 16.1. The van der Waals surface area contributed by atoms with Crippen molar-refractivity contribution in [1.29, 1.82) is 0 Å². The number of primary amides is 1. The molecule has 1 aliphatic rings. The van der Waals surface area contributed by atoms with Crippen LogP contribution in [0, 0.1) is 0 Å². The Morgan fingerprint density at radius 3 is 2.60 bits per heavy atom. The van der Waals surface area contributed by atoms with Crippen LogP contribution in [0.4, 0.5) is 0 Å². The Morgan fingerprint density at radius 2 is 2.07 bits per heavy atom. The summed E-state index contributed by atoms with van der Waals surface area (Å²) in [4.78, 5) is 21.7. The number of aliphatic hydroxyl groups is 1. The van der Waals surface area contributed by atoms with Gasteiger partial charge in [0.2, 0.25) is 5.91 Å². The molecule has 0 bridgehead atoms. The van der Waals surface area contributed by atoms with Gasteiger partial charge in [0, 0.05) is 12.8 Å². The second kappa shape index (κ2) is 5.48. The molecule has 0 aliphatic carbocycles. The first-order valence-electron chi connectivity index (χ1n) is 5.24. The summed E-state index contributed by atoms with van der Waals surface area (Å²) in [5, 5.41) is 9.35. The highest BCUT2D eigenvalue weighted by atomic mass is 16.3. The largest absolute Gasteiger partial charge is 0.463 e. The molecule has 0 saturated heterocycles. The number of hydrogen-bond donors (Lipinski definition) is 2. The summed E-state index contributed by atoms with van der Waals surface area (Å²) >= 11 is 0. The molecule has 5 heteroatoms. The number of carbonyl (C=O) groups excluding carboxylic acids is 2. The molecule has 0 aromatic rings. The van der Waals surface area contributed by atoms with Crippen LogP contribution >= 0.6 is 0 Å². The molecule has 1 heterocycles. The number of hydrogen-bond acceptors (Lipinski definition) is 2. The molecular formula is C10H17N2O3+. The molecule has 5 nitrogen and oxygen atoms in total. The lowest BCUT2D eigenvalue weighted by Crippen LogP contribution is -2.21. The van der Waals surface area contributed by atoms with Crippen molar-refractivity contribution >= 4 is 17.7 Å². The van der Waals surface area contributed by atoms with Crippen LogP contribution in [0.5, 0.6) is 0 Å². The molecule has 84 valence electrons. The highest BCUT2D eigenvalue weighted by molar-refractivity contribution is 5.86. The second-order valence-electron chi connectivity index (χ2n) is 3.74. The maximum Gasteiger partial charge on any atom is 0.390 e. The molecule has 15 heavy (non-hydrogen) atoms. The summed E-state index contributed by atoms with van der Waals surface area (Å²) in [6.45, 7) is 0.545. The molecule has 0 aromatic heterocycles. The maximum absolute atomic E-state index is 11.2. The van der Waals surface area contributed by atoms with Gasteiger partial charge in [-0.05, 0) is 12.8 Å². The van der Waals surface area contributed by atoms with E-state index in [9.17, 15) is 14.7 Å². The number of unbranched alkanes of at least 4 members (excludes halogenated alkanes) is 2. The van der Waals surface area contributed by atoms with Crippen molar-refractivity contribution in [2.24, 2.45) is 5.73 Å². The van der Waals surface area contributed by atoms with Gasteiger partial charge in [-0.3, -0.25) is 4.79 Å². The van der Waals surface area contributed by atoms with E-state index in [-0.39, 0.29) is 17.7 Å². The molecule has 3 N–H and O–H groups in total. The molecular weight excluding hydrogens is 196 g/mol. The van der Waals surface area contributed by atoms with Gasteiger partial charge >= 0.3 is 11.8 Å². The molecule has 2 amide bonds. The molecule has 0 spiro atoms. The van der Waals surface area contributed by atoms with Crippen molar-refractivity contribution in [3.63, 3.8) is 0 Å². The van der Waals surface area contributed by atoms with Gasteiger partial charge in [0.05, 0.1) is 12.8 Å². The van der Waals surface area contributed by atoms with Crippen LogP contribution in [-0.4, -0.2) is 33.9 Å². The van der Waals surface area contributed by atoms with Gasteiger partial charge in [0.25, 0.3) is 0 Å². The lowest BCUT2D eigenvalue weighted by molar-refractivity contribution is -0.452. The second-order valence-corrected chi connectivity index (χ2v) is 3.74. The van der Waals surface area contributed by atoms with E-state index >= 15 is 0 Å². The SMILES string of the molecule is NC(=O)CCCCC[N+]1=C(O)CCC1=O. The highest BCUT2D eigenvalue weighted by Gasteiger charge is 2.30. The van der Waals surface area contributed by atoms with Crippen LogP contribution in [0.25, 0.3) is 0 Å². The fraction of sp³-hybridized carbons (Fsp3) is 0.700. The number of nitrogens with two attached hydrogens (primary N) is 1. The van der Waals surface area contributed by atoms with E-state index in [4.69, 9.17) is 5.73 Å². The van der Waals surface area contributed by atoms with Crippen molar-refractivity contribution in [2.75, 3.05) is 6.54 Å². The molecule has 1 aliphatic heterocycles. The van der Waals surface area contributed by atoms with Crippen molar-refractivity contribution in [3.05, 3.63) is 0 Å². The van der Waals surface area contributed by atoms with E-state index in [1.165, 1.54) is 4.58 Å². The van der Waals surface area contributed by atoms with Crippen LogP contribution in [0.3, 0.4) is 0 Å². The number of aliphatic hydroxyl groups excluding tert-OH is 1. The minimum absolute atomic E-state index is 0.0117. The van der Waals surface area contributed by atoms with Gasteiger partial charge < -0.3 is 10.8 Å². The summed E-state index contributed by atoms with van der Waals surface area (Å²) in [7, 11) is 0. The topological polar surface area (TPSA) is 83.4 Å². The van der Waals surface area contributed by atoms with Crippen LogP contribution in [0.2, 0.25) is 0 Å². The van der Waals surface area contributed by atoms with Gasteiger partial charge in [-0.2, -0.15) is 0 Å². The van der Waals surface area contributed by atoms with E-state index in [0.29, 0.717) is 25.8 Å². The Balaban J connectivity index is 2.17. The number of amides is 2. The summed E-state index contributed by atoms with van der Waals surface area (Å²) in [5.74, 6) is -0.126. The standard InChI is InChI=1S/C10H16N2O3/c11-8(13)4-2-1-3-7-12-9(14)5-6-10(12)15/h1-7H2,(H2,11,13)/p+1. The number of nitrogens with zero attached hydrogens (tertiary/aromatic N) is 1. The smallest absolute Gasteiger partial charge is 0.390 e.